The highest BCUT2D eigenvalue weighted by Crippen LogP contribution is 2.18. The van der Waals surface area contributed by atoms with E-state index in [9.17, 15) is 9.59 Å². The van der Waals surface area contributed by atoms with Crippen molar-refractivity contribution in [3.8, 4) is 5.75 Å². The van der Waals surface area contributed by atoms with Crippen LogP contribution in [0, 0.1) is 0 Å². The monoisotopic (exact) mass is 423 g/mol. The summed E-state index contributed by atoms with van der Waals surface area (Å²) < 4.78 is 5.74. The van der Waals surface area contributed by atoms with Gasteiger partial charge in [0.15, 0.2) is 5.78 Å². The Morgan fingerprint density at radius 2 is 1.81 bits per heavy atom. The molecule has 0 aliphatic carbocycles. The van der Waals surface area contributed by atoms with E-state index in [1.807, 2.05) is 6.07 Å². The Labute approximate surface area is 185 Å². The maximum absolute atomic E-state index is 12.4. The minimum atomic E-state index is -0.247. The second-order valence-electron chi connectivity index (χ2n) is 8.40. The van der Waals surface area contributed by atoms with Gasteiger partial charge in [-0.2, -0.15) is 0 Å². The second kappa shape index (κ2) is 11.1. The van der Waals surface area contributed by atoms with Crippen LogP contribution < -0.4 is 10.1 Å². The van der Waals surface area contributed by atoms with Crippen molar-refractivity contribution in [2.24, 2.45) is 0 Å². The molecule has 1 amide bonds. The SMILES string of the molecule is CC(C)N(C)CCOc1ccc(C(=O)NCC(=O)CN2CCc3ccccc3C2)cc1. The van der Waals surface area contributed by atoms with E-state index in [-0.39, 0.29) is 18.2 Å². The number of Topliss-reactive ketones (excluding diaryl/α,β-unsaturated/α-hetero) is 1. The highest BCUT2D eigenvalue weighted by atomic mass is 16.5. The van der Waals surface area contributed by atoms with E-state index < -0.39 is 0 Å². The smallest absolute Gasteiger partial charge is 0.251 e. The van der Waals surface area contributed by atoms with Gasteiger partial charge in [0.2, 0.25) is 0 Å². The zero-order chi connectivity index (χ0) is 22.2. The predicted octanol–water partition coefficient (Wildman–Crippen LogP) is 2.76. The van der Waals surface area contributed by atoms with E-state index in [4.69, 9.17) is 4.74 Å². The number of rotatable bonds is 10. The van der Waals surface area contributed by atoms with Gasteiger partial charge in [-0.05, 0) is 62.7 Å². The predicted molar refractivity (Wildman–Crippen MR) is 122 cm³/mol. The summed E-state index contributed by atoms with van der Waals surface area (Å²) in [5, 5.41) is 2.73. The third-order valence-corrected chi connectivity index (χ3v) is 5.77. The van der Waals surface area contributed by atoms with Crippen LogP contribution in [0.2, 0.25) is 0 Å². The third-order valence-electron chi connectivity index (χ3n) is 5.77. The Morgan fingerprint density at radius 1 is 1.10 bits per heavy atom. The van der Waals surface area contributed by atoms with Gasteiger partial charge >= 0.3 is 0 Å². The lowest BCUT2D eigenvalue weighted by atomic mass is 10.00. The number of ether oxygens (including phenoxy) is 1. The lowest BCUT2D eigenvalue weighted by Gasteiger charge is -2.28. The molecule has 0 atom stereocenters. The van der Waals surface area contributed by atoms with Crippen molar-refractivity contribution in [2.45, 2.75) is 32.9 Å². The number of carbonyl (C=O) groups is 2. The molecule has 3 rings (SSSR count). The van der Waals surface area contributed by atoms with Gasteiger partial charge in [0, 0.05) is 31.2 Å². The molecule has 0 bridgehead atoms. The Balaban J connectivity index is 1.39. The molecule has 0 aromatic heterocycles. The molecule has 166 valence electrons. The topological polar surface area (TPSA) is 61.9 Å². The van der Waals surface area contributed by atoms with Gasteiger partial charge in [-0.15, -0.1) is 0 Å². The minimum Gasteiger partial charge on any atom is -0.492 e. The summed E-state index contributed by atoms with van der Waals surface area (Å²) in [6, 6.07) is 15.9. The largest absolute Gasteiger partial charge is 0.492 e. The molecule has 1 heterocycles. The number of nitrogens with zero attached hydrogens (tertiary/aromatic N) is 2. The van der Waals surface area contributed by atoms with Crippen LogP contribution in [0.3, 0.4) is 0 Å². The standard InChI is InChI=1S/C25H33N3O3/c1-19(2)27(3)14-15-31-24-10-8-21(9-11-24)25(30)26-16-23(29)18-28-13-12-20-6-4-5-7-22(20)17-28/h4-11,19H,12-18H2,1-3H3,(H,26,30). The summed E-state index contributed by atoms with van der Waals surface area (Å²) in [4.78, 5) is 29.1. The molecular weight excluding hydrogens is 390 g/mol. The number of fused-ring (bicyclic) bond motifs is 1. The molecule has 31 heavy (non-hydrogen) atoms. The van der Waals surface area contributed by atoms with E-state index in [1.54, 1.807) is 24.3 Å². The number of likely N-dealkylation sites (N-methyl/N-ethyl adjacent to an activating group) is 1. The van der Waals surface area contributed by atoms with Crippen molar-refractivity contribution in [3.63, 3.8) is 0 Å². The fraction of sp³-hybridized carbons (Fsp3) is 0.440. The number of benzene rings is 2. The molecule has 1 aliphatic heterocycles. The highest BCUT2D eigenvalue weighted by molar-refractivity contribution is 5.97. The Morgan fingerprint density at radius 3 is 2.52 bits per heavy atom. The minimum absolute atomic E-state index is 0.0157. The number of ketones is 1. The van der Waals surface area contributed by atoms with Crippen LogP contribution in [0.15, 0.2) is 48.5 Å². The van der Waals surface area contributed by atoms with Crippen molar-refractivity contribution < 1.29 is 14.3 Å². The molecule has 0 radical (unpaired) electrons. The molecule has 1 aliphatic rings. The number of nitrogens with one attached hydrogen (secondary N) is 1. The number of hydrogen-bond acceptors (Lipinski definition) is 5. The third kappa shape index (κ3) is 6.91. The van der Waals surface area contributed by atoms with Gasteiger partial charge in [-0.1, -0.05) is 24.3 Å². The molecule has 0 unspecified atom stereocenters. The van der Waals surface area contributed by atoms with E-state index >= 15 is 0 Å². The zero-order valence-corrected chi connectivity index (χ0v) is 18.8. The fourth-order valence-electron chi connectivity index (χ4n) is 3.54. The Bertz CT molecular complexity index is 880. The number of amides is 1. The van der Waals surface area contributed by atoms with Gasteiger partial charge in [-0.25, -0.2) is 0 Å². The molecule has 0 saturated heterocycles. The normalized spacial score (nSPS) is 13.8. The van der Waals surface area contributed by atoms with Crippen molar-refractivity contribution in [3.05, 3.63) is 65.2 Å². The van der Waals surface area contributed by atoms with Crippen LogP contribution in [0.25, 0.3) is 0 Å². The van der Waals surface area contributed by atoms with Gasteiger partial charge in [0.05, 0.1) is 13.1 Å². The summed E-state index contributed by atoms with van der Waals surface area (Å²) in [6.07, 6.45) is 0.956. The van der Waals surface area contributed by atoms with Gasteiger partial charge < -0.3 is 15.0 Å². The highest BCUT2D eigenvalue weighted by Gasteiger charge is 2.18. The van der Waals surface area contributed by atoms with Crippen LogP contribution >= 0.6 is 0 Å². The zero-order valence-electron chi connectivity index (χ0n) is 18.8. The average molecular weight is 424 g/mol. The van der Waals surface area contributed by atoms with Crippen molar-refractivity contribution in [2.75, 3.05) is 39.8 Å². The molecule has 0 fully saturated rings. The first-order valence-corrected chi connectivity index (χ1v) is 10.9. The van der Waals surface area contributed by atoms with Crippen LogP contribution in [-0.4, -0.2) is 67.4 Å². The van der Waals surface area contributed by atoms with Crippen molar-refractivity contribution in [1.29, 1.82) is 0 Å². The molecule has 6 heteroatoms. The lowest BCUT2D eigenvalue weighted by Crippen LogP contribution is -2.39. The van der Waals surface area contributed by atoms with E-state index in [2.05, 4.69) is 54.2 Å². The summed E-state index contributed by atoms with van der Waals surface area (Å²) in [7, 11) is 2.06. The summed E-state index contributed by atoms with van der Waals surface area (Å²) in [5.74, 6) is 0.501. The first-order chi connectivity index (χ1) is 14.9. The molecule has 6 nitrogen and oxygen atoms in total. The molecule has 2 aromatic rings. The maximum atomic E-state index is 12.4. The Kier molecular flexibility index (Phi) is 8.20. The van der Waals surface area contributed by atoms with Gasteiger partial charge in [0.1, 0.15) is 12.4 Å². The number of carbonyl (C=O) groups excluding carboxylic acids is 2. The molecule has 2 aromatic carbocycles. The average Bonchev–Trinajstić information content (AvgIpc) is 2.77. The van der Waals surface area contributed by atoms with E-state index in [1.165, 1.54) is 11.1 Å². The lowest BCUT2D eigenvalue weighted by molar-refractivity contribution is -0.119. The summed E-state index contributed by atoms with van der Waals surface area (Å²) in [5.41, 5.74) is 3.16. The van der Waals surface area contributed by atoms with E-state index in [0.29, 0.717) is 24.8 Å². The number of hydrogen-bond donors (Lipinski definition) is 1. The van der Waals surface area contributed by atoms with Crippen LogP contribution in [0.5, 0.6) is 5.75 Å². The quantitative estimate of drug-likeness (QED) is 0.637. The van der Waals surface area contributed by atoms with Crippen molar-refractivity contribution >= 4 is 11.7 Å². The first kappa shape index (κ1) is 23.0. The first-order valence-electron chi connectivity index (χ1n) is 10.9. The van der Waals surface area contributed by atoms with E-state index in [0.717, 1.165) is 31.8 Å². The van der Waals surface area contributed by atoms with Gasteiger partial charge in [-0.3, -0.25) is 14.5 Å². The van der Waals surface area contributed by atoms with Crippen LogP contribution in [0.4, 0.5) is 0 Å². The second-order valence-corrected chi connectivity index (χ2v) is 8.40. The van der Waals surface area contributed by atoms with Crippen molar-refractivity contribution in [1.82, 2.24) is 15.1 Å². The summed E-state index contributed by atoms with van der Waals surface area (Å²) >= 11 is 0. The van der Waals surface area contributed by atoms with Crippen LogP contribution in [-0.2, 0) is 17.8 Å². The summed E-state index contributed by atoms with van der Waals surface area (Å²) in [6.45, 7) is 7.76. The fourth-order valence-corrected chi connectivity index (χ4v) is 3.54. The molecule has 0 saturated carbocycles. The molecule has 0 spiro atoms. The Hall–Kier alpha value is -2.70. The molecular formula is C25H33N3O3. The maximum Gasteiger partial charge on any atom is 0.251 e. The van der Waals surface area contributed by atoms with Gasteiger partial charge in [0.25, 0.3) is 5.91 Å². The molecule has 1 N–H and O–H groups in total. The van der Waals surface area contributed by atoms with Crippen LogP contribution in [0.1, 0.15) is 35.3 Å².